The fourth-order valence-corrected chi connectivity index (χ4v) is 3.98. The standard InChI is InChI=1S/C28H19F3N2O3/c29-28(30,31)36-24-16-10-21(11-17-24)33-27(20-8-14-23(35)15-9-20)25(18-4-2-1-3-5-18)26(32-33)19-6-12-22(34)13-7-19/h1-17,34-35H. The van der Waals surface area contributed by atoms with E-state index in [-0.39, 0.29) is 17.2 Å². The molecule has 2 N–H and O–H groups in total. The maximum absolute atomic E-state index is 12.7. The van der Waals surface area contributed by atoms with Crippen LogP contribution in [0.5, 0.6) is 17.2 Å². The molecule has 4 aromatic carbocycles. The fraction of sp³-hybridized carbons (Fsp3) is 0.0357. The number of ether oxygens (including phenoxy) is 1. The number of nitrogens with zero attached hydrogens (tertiary/aromatic N) is 2. The van der Waals surface area contributed by atoms with Crippen molar-refractivity contribution in [1.29, 1.82) is 0 Å². The smallest absolute Gasteiger partial charge is 0.508 e. The summed E-state index contributed by atoms with van der Waals surface area (Å²) in [6.07, 6.45) is -4.79. The highest BCUT2D eigenvalue weighted by atomic mass is 19.4. The van der Waals surface area contributed by atoms with Gasteiger partial charge in [-0.05, 0) is 78.4 Å². The van der Waals surface area contributed by atoms with Crippen LogP contribution in [0.3, 0.4) is 0 Å². The van der Waals surface area contributed by atoms with Gasteiger partial charge in [0.2, 0.25) is 0 Å². The van der Waals surface area contributed by atoms with Crippen LogP contribution in [0.4, 0.5) is 13.2 Å². The van der Waals surface area contributed by atoms with Crippen LogP contribution < -0.4 is 4.74 Å². The second kappa shape index (κ2) is 9.14. The number of hydrogen-bond donors (Lipinski definition) is 2. The van der Waals surface area contributed by atoms with Crippen LogP contribution in [0.1, 0.15) is 0 Å². The zero-order valence-corrected chi connectivity index (χ0v) is 18.6. The van der Waals surface area contributed by atoms with Gasteiger partial charge in [-0.3, -0.25) is 0 Å². The molecule has 5 aromatic rings. The van der Waals surface area contributed by atoms with Crippen molar-refractivity contribution in [2.24, 2.45) is 0 Å². The van der Waals surface area contributed by atoms with Gasteiger partial charge in [0.25, 0.3) is 0 Å². The molecule has 0 amide bonds. The lowest BCUT2D eigenvalue weighted by Gasteiger charge is -2.12. The molecule has 0 saturated carbocycles. The third kappa shape index (κ3) is 4.74. The topological polar surface area (TPSA) is 67.5 Å². The Morgan fingerprint density at radius 2 is 1.19 bits per heavy atom. The number of halogens is 3. The van der Waals surface area contributed by atoms with Crippen LogP contribution in [-0.4, -0.2) is 26.4 Å². The minimum atomic E-state index is -4.79. The molecule has 8 heteroatoms. The minimum absolute atomic E-state index is 0.0958. The van der Waals surface area contributed by atoms with E-state index in [1.54, 1.807) is 53.2 Å². The average molecular weight is 488 g/mol. The van der Waals surface area contributed by atoms with Gasteiger partial charge in [0, 0.05) is 16.7 Å². The Balaban J connectivity index is 1.77. The van der Waals surface area contributed by atoms with Crippen molar-refractivity contribution in [3.63, 3.8) is 0 Å². The molecule has 0 bridgehead atoms. The highest BCUT2D eigenvalue weighted by Crippen LogP contribution is 2.42. The zero-order valence-electron chi connectivity index (χ0n) is 18.6. The summed E-state index contributed by atoms with van der Waals surface area (Å²) in [4.78, 5) is 0. The van der Waals surface area contributed by atoms with E-state index in [1.165, 1.54) is 24.3 Å². The summed E-state index contributed by atoms with van der Waals surface area (Å²) in [7, 11) is 0. The van der Waals surface area contributed by atoms with Gasteiger partial charge in [0.1, 0.15) is 22.9 Å². The molecule has 180 valence electrons. The maximum Gasteiger partial charge on any atom is 0.573 e. The number of aromatic hydroxyl groups is 2. The van der Waals surface area contributed by atoms with E-state index < -0.39 is 6.36 Å². The molecule has 0 atom stereocenters. The van der Waals surface area contributed by atoms with Crippen molar-refractivity contribution in [2.75, 3.05) is 0 Å². The second-order valence-electron chi connectivity index (χ2n) is 7.99. The van der Waals surface area contributed by atoms with Crippen molar-refractivity contribution >= 4 is 0 Å². The largest absolute Gasteiger partial charge is 0.573 e. The Bertz CT molecular complexity index is 1480. The number of phenols is 2. The van der Waals surface area contributed by atoms with Crippen LogP contribution in [0, 0.1) is 0 Å². The van der Waals surface area contributed by atoms with Crippen molar-refractivity contribution in [3.8, 4) is 56.6 Å². The number of hydrogen-bond acceptors (Lipinski definition) is 4. The molecule has 0 saturated heterocycles. The molecule has 1 aromatic heterocycles. The monoisotopic (exact) mass is 488 g/mol. The number of aromatic nitrogens is 2. The number of alkyl halides is 3. The molecule has 36 heavy (non-hydrogen) atoms. The van der Waals surface area contributed by atoms with Gasteiger partial charge in [-0.2, -0.15) is 5.10 Å². The molecule has 0 aliphatic rings. The normalized spacial score (nSPS) is 11.4. The zero-order chi connectivity index (χ0) is 25.3. The van der Waals surface area contributed by atoms with Crippen LogP contribution in [-0.2, 0) is 0 Å². The number of benzene rings is 4. The quantitative estimate of drug-likeness (QED) is 0.275. The summed E-state index contributed by atoms with van der Waals surface area (Å²) < 4.78 is 43.7. The predicted octanol–water partition coefficient (Wildman–Crippen LogP) is 7.18. The molecular weight excluding hydrogens is 469 g/mol. The van der Waals surface area contributed by atoms with Crippen molar-refractivity contribution in [2.45, 2.75) is 6.36 Å². The average Bonchev–Trinajstić information content (AvgIpc) is 3.25. The summed E-state index contributed by atoms with van der Waals surface area (Å²) in [6, 6.07) is 28.2. The molecule has 0 radical (unpaired) electrons. The Morgan fingerprint density at radius 3 is 1.75 bits per heavy atom. The maximum atomic E-state index is 12.7. The highest BCUT2D eigenvalue weighted by molar-refractivity contribution is 5.92. The molecule has 5 rings (SSSR count). The van der Waals surface area contributed by atoms with Crippen molar-refractivity contribution in [1.82, 2.24) is 9.78 Å². The van der Waals surface area contributed by atoms with Crippen LogP contribution in [0.15, 0.2) is 103 Å². The first kappa shape index (κ1) is 23.0. The Morgan fingerprint density at radius 1 is 0.639 bits per heavy atom. The lowest BCUT2D eigenvalue weighted by molar-refractivity contribution is -0.274. The van der Waals surface area contributed by atoms with E-state index in [9.17, 15) is 23.4 Å². The predicted molar refractivity (Wildman–Crippen MR) is 130 cm³/mol. The van der Waals surface area contributed by atoms with E-state index in [0.29, 0.717) is 17.1 Å². The molecule has 1 heterocycles. The molecule has 0 fully saturated rings. The lowest BCUT2D eigenvalue weighted by atomic mass is 9.95. The van der Waals surface area contributed by atoms with Gasteiger partial charge in [-0.25, -0.2) is 4.68 Å². The van der Waals surface area contributed by atoms with Crippen LogP contribution in [0.2, 0.25) is 0 Å². The fourth-order valence-electron chi connectivity index (χ4n) is 3.98. The first-order valence-electron chi connectivity index (χ1n) is 10.9. The van der Waals surface area contributed by atoms with E-state index in [4.69, 9.17) is 5.10 Å². The highest BCUT2D eigenvalue weighted by Gasteiger charge is 2.31. The molecule has 0 aliphatic carbocycles. The Hall–Kier alpha value is -4.72. The molecule has 0 aliphatic heterocycles. The summed E-state index contributed by atoms with van der Waals surface area (Å²) in [5.41, 5.74) is 4.92. The van der Waals surface area contributed by atoms with E-state index in [2.05, 4.69) is 4.74 Å². The SMILES string of the molecule is Oc1ccc(-c2nn(-c3ccc(OC(F)(F)F)cc3)c(-c3ccc(O)cc3)c2-c2ccccc2)cc1. The molecule has 5 nitrogen and oxygen atoms in total. The van der Waals surface area contributed by atoms with Crippen molar-refractivity contribution < 1.29 is 28.1 Å². The van der Waals surface area contributed by atoms with E-state index in [0.717, 1.165) is 22.3 Å². The van der Waals surface area contributed by atoms with Crippen LogP contribution in [0.25, 0.3) is 39.3 Å². The molecule has 0 spiro atoms. The second-order valence-corrected chi connectivity index (χ2v) is 7.99. The number of rotatable bonds is 5. The van der Waals surface area contributed by atoms with Gasteiger partial charge in [-0.1, -0.05) is 30.3 Å². The lowest BCUT2D eigenvalue weighted by Crippen LogP contribution is -2.17. The van der Waals surface area contributed by atoms with Gasteiger partial charge >= 0.3 is 6.36 Å². The van der Waals surface area contributed by atoms with Crippen molar-refractivity contribution in [3.05, 3.63) is 103 Å². The summed E-state index contributed by atoms with van der Waals surface area (Å²) >= 11 is 0. The first-order valence-corrected chi connectivity index (χ1v) is 10.9. The summed E-state index contributed by atoms with van der Waals surface area (Å²) in [6.45, 7) is 0. The van der Waals surface area contributed by atoms with Gasteiger partial charge < -0.3 is 14.9 Å². The third-order valence-electron chi connectivity index (χ3n) is 5.54. The Kier molecular flexibility index (Phi) is 5.85. The summed E-state index contributed by atoms with van der Waals surface area (Å²) in [5.74, 6) is -0.136. The number of phenolic OH excluding ortho intramolecular Hbond substituents is 2. The summed E-state index contributed by atoms with van der Waals surface area (Å²) in [5, 5.41) is 24.5. The molecule has 0 unspecified atom stereocenters. The Labute approximate surface area is 204 Å². The van der Waals surface area contributed by atoms with Gasteiger partial charge in [-0.15, -0.1) is 13.2 Å². The van der Waals surface area contributed by atoms with Gasteiger partial charge in [0.05, 0.1) is 11.4 Å². The first-order chi connectivity index (χ1) is 17.3. The van der Waals surface area contributed by atoms with Gasteiger partial charge in [0.15, 0.2) is 0 Å². The molecular formula is C28H19F3N2O3. The third-order valence-corrected chi connectivity index (χ3v) is 5.54. The van der Waals surface area contributed by atoms with E-state index in [1.807, 2.05) is 30.3 Å². The van der Waals surface area contributed by atoms with Crippen LogP contribution >= 0.6 is 0 Å². The minimum Gasteiger partial charge on any atom is -0.508 e. The van der Waals surface area contributed by atoms with E-state index >= 15 is 0 Å².